The maximum Gasteiger partial charge on any atom is 0.306 e. The lowest BCUT2D eigenvalue weighted by molar-refractivity contribution is -0.305. The molecule has 1 fully saturated rings. The summed E-state index contributed by atoms with van der Waals surface area (Å²) in [4.78, 5) is 12.9. The van der Waals surface area contributed by atoms with Crippen molar-refractivity contribution in [3.8, 4) is 0 Å². The highest BCUT2D eigenvalue weighted by molar-refractivity contribution is 5.69. The number of esters is 1. The summed E-state index contributed by atoms with van der Waals surface area (Å²) in [5, 5.41) is 40.3. The smallest absolute Gasteiger partial charge is 0.306 e. The Morgan fingerprint density at radius 1 is 0.457 bits per heavy atom. The molecule has 9 nitrogen and oxygen atoms in total. The molecule has 9 heteroatoms. The van der Waals surface area contributed by atoms with Gasteiger partial charge in [0.05, 0.1) is 19.8 Å². The molecule has 4 N–H and O–H groups in total. The summed E-state index contributed by atoms with van der Waals surface area (Å²) < 4.78 is 22.9. The molecule has 0 radical (unpaired) electrons. The number of carbonyl (C=O) groups is 1. The lowest BCUT2D eigenvalue weighted by Crippen LogP contribution is -2.59. The van der Waals surface area contributed by atoms with Crippen LogP contribution in [0.25, 0.3) is 0 Å². The van der Waals surface area contributed by atoms with Gasteiger partial charge in [-0.3, -0.25) is 4.79 Å². The van der Waals surface area contributed by atoms with E-state index in [9.17, 15) is 25.2 Å². The summed E-state index contributed by atoms with van der Waals surface area (Å²) in [6.45, 7) is 4.26. The molecule has 1 heterocycles. The van der Waals surface area contributed by atoms with Crippen molar-refractivity contribution >= 4 is 5.97 Å². The van der Waals surface area contributed by atoms with Gasteiger partial charge in [-0.2, -0.15) is 0 Å². The fourth-order valence-electron chi connectivity index (χ4n) is 7.40. The molecular weight excluding hydrogens is 877 g/mol. The molecule has 1 aliphatic heterocycles. The predicted octanol–water partition coefficient (Wildman–Crippen LogP) is 14.0. The van der Waals surface area contributed by atoms with E-state index < -0.39 is 43.4 Å². The van der Waals surface area contributed by atoms with Gasteiger partial charge < -0.3 is 39.4 Å². The Hall–Kier alpha value is -3.67. The maximum atomic E-state index is 12.9. The molecule has 6 unspecified atom stereocenters. The molecule has 0 aromatic rings. The quantitative estimate of drug-likeness (QED) is 0.0267. The number of aliphatic hydroxyl groups is 4. The molecule has 70 heavy (non-hydrogen) atoms. The van der Waals surface area contributed by atoms with Gasteiger partial charge in [0.2, 0.25) is 0 Å². The van der Waals surface area contributed by atoms with Gasteiger partial charge in [0, 0.05) is 13.0 Å². The third-order valence-corrected chi connectivity index (χ3v) is 11.6. The monoisotopic (exact) mass is 975 g/mol. The first-order valence-corrected chi connectivity index (χ1v) is 27.3. The van der Waals surface area contributed by atoms with Crippen molar-refractivity contribution in [3.05, 3.63) is 134 Å². The highest BCUT2D eigenvalue weighted by Crippen LogP contribution is 2.22. The van der Waals surface area contributed by atoms with E-state index in [-0.39, 0.29) is 25.6 Å². The van der Waals surface area contributed by atoms with E-state index in [0.29, 0.717) is 6.61 Å². The molecule has 6 atom stereocenters. The Labute approximate surface area is 426 Å². The van der Waals surface area contributed by atoms with E-state index in [1.165, 1.54) is 19.3 Å². The molecule has 1 aliphatic rings. The minimum Gasteiger partial charge on any atom is -0.457 e. The number of aliphatic hydroxyl groups excluding tert-OH is 4. The average Bonchev–Trinajstić information content (AvgIpc) is 3.36. The fourth-order valence-corrected chi connectivity index (χ4v) is 7.40. The van der Waals surface area contributed by atoms with Crippen molar-refractivity contribution in [2.75, 3.05) is 26.4 Å². The normalized spacial score (nSPS) is 20.0. The second-order valence-corrected chi connectivity index (χ2v) is 17.9. The zero-order valence-electron chi connectivity index (χ0n) is 43.7. The molecule has 0 aromatic heterocycles. The van der Waals surface area contributed by atoms with Crippen LogP contribution < -0.4 is 0 Å². The largest absolute Gasteiger partial charge is 0.457 e. The van der Waals surface area contributed by atoms with E-state index >= 15 is 0 Å². The van der Waals surface area contributed by atoms with Crippen LogP contribution >= 0.6 is 0 Å². The second-order valence-electron chi connectivity index (χ2n) is 17.9. The minimum absolute atomic E-state index is 0.118. The molecule has 1 saturated heterocycles. The first-order valence-electron chi connectivity index (χ1n) is 27.3. The van der Waals surface area contributed by atoms with Crippen LogP contribution in [0.5, 0.6) is 0 Å². The van der Waals surface area contributed by atoms with Crippen LogP contribution in [-0.2, 0) is 23.7 Å². The van der Waals surface area contributed by atoms with Gasteiger partial charge in [-0.15, -0.1) is 0 Å². The third kappa shape index (κ3) is 40.0. The van der Waals surface area contributed by atoms with Gasteiger partial charge in [-0.05, 0) is 109 Å². The molecule has 0 amide bonds. The summed E-state index contributed by atoms with van der Waals surface area (Å²) in [5.74, 6) is -0.340. The topological polar surface area (TPSA) is 135 Å². The van der Waals surface area contributed by atoms with Crippen molar-refractivity contribution in [1.82, 2.24) is 0 Å². The summed E-state index contributed by atoms with van der Waals surface area (Å²) in [6.07, 6.45) is 67.6. The standard InChI is InChI=1S/C61H98O9/c1-3-5-7-9-11-13-15-17-19-21-23-25-27-28-29-30-32-34-36-38-40-42-44-46-48-50-57(63)69-55(54-68-61-60(66)59(65)58(64)56(52-62)70-61)53-67-51-49-47-45-43-41-39-37-35-33-31-26-24-22-20-18-16-14-12-10-8-6-4-2/h5-8,11-14,17-20,23-26,28-29,32-35,55-56,58-62,64-66H,3-4,9-10,15-16,21-22,27,30-31,36-54H2,1-2H3/b7-5-,8-6-,13-11-,14-12-,19-17-,20-18-,25-23-,26-24-,29-28-,34-32-,35-33-. The Kier molecular flexibility index (Phi) is 46.2. The van der Waals surface area contributed by atoms with Crippen LogP contribution in [0.4, 0.5) is 0 Å². The Morgan fingerprint density at radius 3 is 1.24 bits per heavy atom. The van der Waals surface area contributed by atoms with E-state index in [4.69, 9.17) is 18.9 Å². The molecule has 1 rings (SSSR count). The van der Waals surface area contributed by atoms with Gasteiger partial charge in [-0.1, -0.05) is 199 Å². The van der Waals surface area contributed by atoms with Crippen LogP contribution in [0.15, 0.2) is 134 Å². The van der Waals surface area contributed by atoms with Crippen molar-refractivity contribution in [2.24, 2.45) is 0 Å². The number of ether oxygens (including phenoxy) is 4. The van der Waals surface area contributed by atoms with Crippen molar-refractivity contribution in [3.63, 3.8) is 0 Å². The number of unbranched alkanes of at least 4 members (excludes halogenated alkanes) is 12. The summed E-state index contributed by atoms with van der Waals surface area (Å²) in [5.41, 5.74) is 0. The van der Waals surface area contributed by atoms with Crippen molar-refractivity contribution < 1.29 is 44.2 Å². The third-order valence-electron chi connectivity index (χ3n) is 11.6. The molecule has 396 valence electrons. The van der Waals surface area contributed by atoms with Gasteiger partial charge in [0.25, 0.3) is 0 Å². The highest BCUT2D eigenvalue weighted by atomic mass is 16.7. The zero-order chi connectivity index (χ0) is 50.6. The second kappa shape index (κ2) is 50.3. The molecule has 0 bridgehead atoms. The van der Waals surface area contributed by atoms with Crippen LogP contribution in [0, 0.1) is 0 Å². The lowest BCUT2D eigenvalue weighted by Gasteiger charge is -2.39. The Morgan fingerprint density at radius 2 is 0.829 bits per heavy atom. The first kappa shape index (κ1) is 64.3. The molecule has 0 saturated carbocycles. The van der Waals surface area contributed by atoms with Crippen molar-refractivity contribution in [2.45, 2.75) is 218 Å². The first-order chi connectivity index (χ1) is 34.4. The molecule has 0 aromatic carbocycles. The van der Waals surface area contributed by atoms with Gasteiger partial charge in [0.15, 0.2) is 6.29 Å². The van der Waals surface area contributed by atoms with Crippen LogP contribution in [0.1, 0.15) is 181 Å². The van der Waals surface area contributed by atoms with E-state index in [0.717, 1.165) is 141 Å². The predicted molar refractivity (Wildman–Crippen MR) is 292 cm³/mol. The number of rotatable bonds is 45. The zero-order valence-corrected chi connectivity index (χ0v) is 43.7. The van der Waals surface area contributed by atoms with Gasteiger partial charge in [-0.25, -0.2) is 0 Å². The van der Waals surface area contributed by atoms with E-state index in [1.54, 1.807) is 0 Å². The highest BCUT2D eigenvalue weighted by Gasteiger charge is 2.44. The average molecular weight is 975 g/mol. The number of hydrogen-bond acceptors (Lipinski definition) is 9. The molecule has 0 spiro atoms. The van der Waals surface area contributed by atoms with Crippen LogP contribution in [0.2, 0.25) is 0 Å². The molecule has 0 aliphatic carbocycles. The van der Waals surface area contributed by atoms with Crippen LogP contribution in [0.3, 0.4) is 0 Å². The molecular formula is C61H98O9. The number of carbonyl (C=O) groups excluding carboxylic acids is 1. The van der Waals surface area contributed by atoms with Gasteiger partial charge in [0.1, 0.15) is 30.5 Å². The summed E-state index contributed by atoms with van der Waals surface area (Å²) in [7, 11) is 0. The van der Waals surface area contributed by atoms with Crippen LogP contribution in [-0.4, -0.2) is 89.6 Å². The minimum atomic E-state index is -1.55. The SMILES string of the molecule is CC/C=C\C/C=C\C/C=C\C/C=C\C/C=C\C/C=C\CCCCCCCCC(=O)OC(COCCCCCCCC/C=C\C/C=C\C/C=C\C/C=C\C/C=C\CC)COC1OC(CO)C(O)C(O)C1O. The number of hydrogen-bond donors (Lipinski definition) is 4. The van der Waals surface area contributed by atoms with E-state index in [1.807, 2.05) is 0 Å². The van der Waals surface area contributed by atoms with E-state index in [2.05, 4.69) is 148 Å². The summed E-state index contributed by atoms with van der Waals surface area (Å²) in [6, 6.07) is 0. The number of allylic oxidation sites excluding steroid dienone is 22. The van der Waals surface area contributed by atoms with Gasteiger partial charge >= 0.3 is 5.97 Å². The Balaban J connectivity index is 2.24. The summed E-state index contributed by atoms with van der Waals surface area (Å²) >= 11 is 0. The van der Waals surface area contributed by atoms with Crippen molar-refractivity contribution in [1.29, 1.82) is 0 Å². The Bertz CT molecular complexity index is 1530. The maximum absolute atomic E-state index is 12.9. The fraction of sp³-hybridized carbons (Fsp3) is 0.623. The lowest BCUT2D eigenvalue weighted by atomic mass is 9.99.